The monoisotopic (exact) mass is 251 g/mol. The average Bonchev–Trinajstić information content (AvgIpc) is 2.70. The van der Waals surface area contributed by atoms with Gasteiger partial charge in [0.1, 0.15) is 0 Å². The molecular weight excluding hydrogens is 226 g/mol. The van der Waals surface area contributed by atoms with E-state index < -0.39 is 0 Å². The van der Waals surface area contributed by atoms with Crippen LogP contribution in [0.1, 0.15) is 40.5 Å². The predicted molar refractivity (Wildman–Crippen MR) is 72.2 cm³/mol. The maximum Gasteiger partial charge on any atom is 0.224 e. The number of nitrogens with one attached hydrogen (secondary N) is 1. The summed E-state index contributed by atoms with van der Waals surface area (Å²) in [5, 5.41) is 3.05. The highest BCUT2D eigenvalue weighted by molar-refractivity contribution is 5.83. The van der Waals surface area contributed by atoms with E-state index in [4.69, 9.17) is 4.74 Å². The highest BCUT2D eigenvalue weighted by Crippen LogP contribution is 2.59. The van der Waals surface area contributed by atoms with Crippen LogP contribution in [0.15, 0.2) is 11.6 Å². The molecule has 0 spiro atoms. The van der Waals surface area contributed by atoms with Crippen molar-refractivity contribution in [2.45, 2.75) is 46.6 Å². The molecule has 2 rings (SSSR count). The second-order valence-corrected chi connectivity index (χ2v) is 6.45. The van der Waals surface area contributed by atoms with E-state index in [1.807, 2.05) is 0 Å². The molecule has 1 N–H and O–H groups in total. The fourth-order valence-corrected chi connectivity index (χ4v) is 2.98. The number of rotatable bonds is 4. The first-order valence-electron chi connectivity index (χ1n) is 6.97. The summed E-state index contributed by atoms with van der Waals surface area (Å²) in [7, 11) is 0. The second-order valence-electron chi connectivity index (χ2n) is 6.45. The Morgan fingerprint density at radius 3 is 2.72 bits per heavy atom. The third-order valence-electron chi connectivity index (χ3n) is 4.23. The Labute approximate surface area is 110 Å². The van der Waals surface area contributed by atoms with Crippen molar-refractivity contribution in [1.29, 1.82) is 0 Å². The van der Waals surface area contributed by atoms with Crippen LogP contribution >= 0.6 is 0 Å². The number of hydrogen-bond acceptors (Lipinski definition) is 2. The van der Waals surface area contributed by atoms with Crippen LogP contribution in [0, 0.1) is 17.3 Å². The van der Waals surface area contributed by atoms with E-state index >= 15 is 0 Å². The quantitative estimate of drug-likeness (QED) is 0.780. The SMILES string of the molecule is CC(C)=CC1C(C(=O)NCC2CCCO2)C1(C)C. The van der Waals surface area contributed by atoms with E-state index in [2.05, 4.69) is 39.1 Å². The number of carbonyl (C=O) groups is 1. The van der Waals surface area contributed by atoms with Crippen molar-refractivity contribution in [3.63, 3.8) is 0 Å². The molecule has 2 fully saturated rings. The molecule has 1 aliphatic carbocycles. The molecule has 102 valence electrons. The van der Waals surface area contributed by atoms with Crippen molar-refractivity contribution in [2.75, 3.05) is 13.2 Å². The number of ether oxygens (including phenoxy) is 1. The van der Waals surface area contributed by atoms with Gasteiger partial charge in [0, 0.05) is 13.2 Å². The van der Waals surface area contributed by atoms with Crippen LogP contribution in [0.2, 0.25) is 0 Å². The van der Waals surface area contributed by atoms with Gasteiger partial charge in [-0.15, -0.1) is 0 Å². The van der Waals surface area contributed by atoms with Crippen LogP contribution in [0.4, 0.5) is 0 Å². The van der Waals surface area contributed by atoms with Crippen molar-refractivity contribution in [3.05, 3.63) is 11.6 Å². The molecule has 1 saturated carbocycles. The Hall–Kier alpha value is -0.830. The van der Waals surface area contributed by atoms with Crippen LogP contribution in [0.3, 0.4) is 0 Å². The van der Waals surface area contributed by atoms with Gasteiger partial charge in [0.15, 0.2) is 0 Å². The van der Waals surface area contributed by atoms with E-state index in [0.717, 1.165) is 19.4 Å². The first-order chi connectivity index (χ1) is 8.43. The minimum atomic E-state index is 0.109. The van der Waals surface area contributed by atoms with Crippen molar-refractivity contribution >= 4 is 5.91 Å². The minimum Gasteiger partial charge on any atom is -0.376 e. The average molecular weight is 251 g/mol. The van der Waals surface area contributed by atoms with Crippen molar-refractivity contribution in [2.24, 2.45) is 17.3 Å². The molecular formula is C15H25NO2. The molecule has 3 unspecified atom stereocenters. The third-order valence-corrected chi connectivity index (χ3v) is 4.23. The molecule has 0 aromatic heterocycles. The molecule has 18 heavy (non-hydrogen) atoms. The maximum absolute atomic E-state index is 12.2. The lowest BCUT2D eigenvalue weighted by atomic mass is 10.1. The van der Waals surface area contributed by atoms with Gasteiger partial charge in [-0.1, -0.05) is 25.5 Å². The molecule has 0 radical (unpaired) electrons. The van der Waals surface area contributed by atoms with Gasteiger partial charge in [-0.05, 0) is 38.0 Å². The van der Waals surface area contributed by atoms with E-state index in [1.165, 1.54) is 5.57 Å². The molecule has 3 heteroatoms. The van der Waals surface area contributed by atoms with E-state index in [9.17, 15) is 4.79 Å². The molecule has 2 aliphatic rings. The van der Waals surface area contributed by atoms with Crippen LogP contribution in [0.5, 0.6) is 0 Å². The van der Waals surface area contributed by atoms with Gasteiger partial charge in [-0.2, -0.15) is 0 Å². The highest BCUT2D eigenvalue weighted by Gasteiger charge is 2.60. The summed E-state index contributed by atoms with van der Waals surface area (Å²) in [5.74, 6) is 0.721. The standard InChI is InChI=1S/C15H25NO2/c1-10(2)8-12-13(15(12,3)4)14(17)16-9-11-6-5-7-18-11/h8,11-13H,5-7,9H2,1-4H3,(H,16,17). The summed E-state index contributed by atoms with van der Waals surface area (Å²) in [6.07, 6.45) is 4.66. The topological polar surface area (TPSA) is 38.3 Å². The van der Waals surface area contributed by atoms with Crippen LogP contribution < -0.4 is 5.32 Å². The van der Waals surface area contributed by atoms with Crippen LogP contribution in [-0.4, -0.2) is 25.2 Å². The van der Waals surface area contributed by atoms with E-state index in [-0.39, 0.29) is 23.3 Å². The van der Waals surface area contributed by atoms with Gasteiger partial charge in [0.2, 0.25) is 5.91 Å². The molecule has 1 aliphatic heterocycles. The Balaban J connectivity index is 1.84. The Morgan fingerprint density at radius 2 is 2.17 bits per heavy atom. The Bertz CT molecular complexity index is 350. The summed E-state index contributed by atoms with van der Waals surface area (Å²) < 4.78 is 5.52. The summed E-state index contributed by atoms with van der Waals surface area (Å²) in [4.78, 5) is 12.2. The van der Waals surface area contributed by atoms with E-state index in [0.29, 0.717) is 12.5 Å². The third kappa shape index (κ3) is 2.77. The molecule has 0 bridgehead atoms. The molecule has 1 heterocycles. The summed E-state index contributed by atoms with van der Waals surface area (Å²) >= 11 is 0. The Morgan fingerprint density at radius 1 is 1.44 bits per heavy atom. The number of amides is 1. The fourth-order valence-electron chi connectivity index (χ4n) is 2.98. The lowest BCUT2D eigenvalue weighted by molar-refractivity contribution is -0.123. The number of carbonyl (C=O) groups excluding carboxylic acids is 1. The molecule has 1 saturated heterocycles. The number of allylic oxidation sites excluding steroid dienone is 2. The van der Waals surface area contributed by atoms with Crippen molar-refractivity contribution in [3.8, 4) is 0 Å². The minimum absolute atomic E-state index is 0.109. The highest BCUT2D eigenvalue weighted by atomic mass is 16.5. The van der Waals surface area contributed by atoms with Crippen LogP contribution in [0.25, 0.3) is 0 Å². The zero-order chi connectivity index (χ0) is 13.3. The van der Waals surface area contributed by atoms with Gasteiger partial charge in [0.05, 0.1) is 12.0 Å². The van der Waals surface area contributed by atoms with Crippen molar-refractivity contribution in [1.82, 2.24) is 5.32 Å². The maximum atomic E-state index is 12.2. The second kappa shape index (κ2) is 5.04. The van der Waals surface area contributed by atoms with Gasteiger partial charge in [-0.3, -0.25) is 4.79 Å². The van der Waals surface area contributed by atoms with E-state index in [1.54, 1.807) is 0 Å². The lowest BCUT2D eigenvalue weighted by Gasteiger charge is -2.11. The van der Waals surface area contributed by atoms with Gasteiger partial charge < -0.3 is 10.1 Å². The molecule has 1 amide bonds. The zero-order valence-electron chi connectivity index (χ0n) is 12.0. The lowest BCUT2D eigenvalue weighted by Crippen LogP contribution is -2.33. The van der Waals surface area contributed by atoms with Gasteiger partial charge in [0.25, 0.3) is 0 Å². The predicted octanol–water partition coefficient (Wildman–Crippen LogP) is 2.52. The summed E-state index contributed by atoms with van der Waals surface area (Å²) in [6.45, 7) is 10.1. The molecule has 3 nitrogen and oxygen atoms in total. The van der Waals surface area contributed by atoms with Gasteiger partial charge in [-0.25, -0.2) is 0 Å². The smallest absolute Gasteiger partial charge is 0.224 e. The van der Waals surface area contributed by atoms with Gasteiger partial charge >= 0.3 is 0 Å². The first-order valence-corrected chi connectivity index (χ1v) is 6.97. The normalized spacial score (nSPS) is 33.0. The zero-order valence-corrected chi connectivity index (χ0v) is 12.0. The Kier molecular flexibility index (Phi) is 3.81. The molecule has 3 atom stereocenters. The van der Waals surface area contributed by atoms with Crippen LogP contribution in [-0.2, 0) is 9.53 Å². The fraction of sp³-hybridized carbons (Fsp3) is 0.800. The summed E-state index contributed by atoms with van der Waals surface area (Å²) in [6, 6.07) is 0. The van der Waals surface area contributed by atoms with Crippen molar-refractivity contribution < 1.29 is 9.53 Å². The number of hydrogen-bond donors (Lipinski definition) is 1. The first kappa shape index (κ1) is 13.6. The molecule has 0 aromatic carbocycles. The molecule has 0 aromatic rings. The largest absolute Gasteiger partial charge is 0.376 e. The summed E-state index contributed by atoms with van der Waals surface area (Å²) in [5.41, 5.74) is 1.40.